The van der Waals surface area contributed by atoms with E-state index in [1.165, 1.54) is 29.5 Å². The number of nitro benzene ring substituents is 1. The number of hydrogen-bond donors (Lipinski definition) is 1. The van der Waals surface area contributed by atoms with E-state index < -0.39 is 4.92 Å². The first kappa shape index (κ1) is 14.0. The van der Waals surface area contributed by atoms with Crippen LogP contribution in [0.4, 0.5) is 11.4 Å². The molecule has 0 atom stereocenters. The molecule has 1 N–H and O–H groups in total. The minimum absolute atomic E-state index is 0.134. The fourth-order valence-electron chi connectivity index (χ4n) is 1.36. The first-order chi connectivity index (χ1) is 8.99. The summed E-state index contributed by atoms with van der Waals surface area (Å²) in [6, 6.07) is 5.62. The lowest BCUT2D eigenvalue weighted by Crippen LogP contribution is -2.11. The second-order valence-electron chi connectivity index (χ2n) is 3.47. The molecular formula is C11H6BrClN2O3S. The van der Waals surface area contributed by atoms with Gasteiger partial charge < -0.3 is 5.32 Å². The van der Waals surface area contributed by atoms with Crippen LogP contribution in [0.3, 0.4) is 0 Å². The Bertz CT molecular complexity index is 659. The smallest absolute Gasteiger partial charge is 0.271 e. The number of nitrogens with zero attached hydrogens (tertiary/aromatic N) is 1. The lowest BCUT2D eigenvalue weighted by molar-refractivity contribution is -0.384. The molecule has 2 aromatic rings. The minimum atomic E-state index is -0.549. The molecule has 0 radical (unpaired) electrons. The van der Waals surface area contributed by atoms with E-state index >= 15 is 0 Å². The second-order valence-corrected chi connectivity index (χ2v) is 5.65. The van der Waals surface area contributed by atoms with Gasteiger partial charge >= 0.3 is 0 Å². The van der Waals surface area contributed by atoms with Crippen molar-refractivity contribution in [3.05, 3.63) is 54.1 Å². The van der Waals surface area contributed by atoms with Gasteiger partial charge in [0.25, 0.3) is 11.6 Å². The van der Waals surface area contributed by atoms with Crippen LogP contribution in [-0.4, -0.2) is 10.8 Å². The van der Waals surface area contributed by atoms with Gasteiger partial charge in [0.1, 0.15) is 4.88 Å². The Morgan fingerprint density at radius 2 is 2.16 bits per heavy atom. The summed E-state index contributed by atoms with van der Waals surface area (Å²) in [7, 11) is 0. The first-order valence-electron chi connectivity index (χ1n) is 4.97. The second kappa shape index (κ2) is 5.68. The molecule has 1 aromatic heterocycles. The molecule has 8 heteroatoms. The third kappa shape index (κ3) is 3.12. The maximum absolute atomic E-state index is 12.0. The quantitative estimate of drug-likeness (QED) is 0.653. The summed E-state index contributed by atoms with van der Waals surface area (Å²) in [5.74, 6) is -0.371. The Kier molecular flexibility index (Phi) is 4.18. The third-order valence-corrected chi connectivity index (χ3v) is 4.40. The molecule has 0 saturated heterocycles. The van der Waals surface area contributed by atoms with Crippen molar-refractivity contribution in [2.24, 2.45) is 0 Å². The van der Waals surface area contributed by atoms with Crippen molar-refractivity contribution in [2.75, 3.05) is 5.32 Å². The Hall–Kier alpha value is -1.44. The van der Waals surface area contributed by atoms with Crippen LogP contribution in [0.2, 0.25) is 5.02 Å². The Labute approximate surface area is 125 Å². The maximum Gasteiger partial charge on any atom is 0.271 e. The van der Waals surface area contributed by atoms with E-state index in [4.69, 9.17) is 11.6 Å². The summed E-state index contributed by atoms with van der Waals surface area (Å²) in [4.78, 5) is 22.6. The van der Waals surface area contributed by atoms with Crippen molar-refractivity contribution in [2.45, 2.75) is 0 Å². The van der Waals surface area contributed by atoms with Crippen molar-refractivity contribution in [1.29, 1.82) is 0 Å². The molecule has 1 aromatic carbocycles. The van der Waals surface area contributed by atoms with Crippen molar-refractivity contribution in [3.63, 3.8) is 0 Å². The van der Waals surface area contributed by atoms with Crippen molar-refractivity contribution in [1.82, 2.24) is 0 Å². The molecule has 2 rings (SSSR count). The van der Waals surface area contributed by atoms with Crippen LogP contribution >= 0.6 is 38.9 Å². The number of rotatable bonds is 3. The van der Waals surface area contributed by atoms with Gasteiger partial charge in [0, 0.05) is 16.6 Å². The van der Waals surface area contributed by atoms with E-state index in [1.807, 2.05) is 0 Å². The average molecular weight is 362 g/mol. The number of thiophene rings is 1. The highest BCUT2D eigenvalue weighted by Crippen LogP contribution is 2.29. The predicted octanol–water partition coefficient (Wildman–Crippen LogP) is 4.32. The van der Waals surface area contributed by atoms with Crippen LogP contribution in [0.15, 0.2) is 34.1 Å². The van der Waals surface area contributed by atoms with E-state index in [0.717, 1.165) is 0 Å². The topological polar surface area (TPSA) is 72.2 Å². The Balaban J connectivity index is 2.28. The van der Waals surface area contributed by atoms with Crippen molar-refractivity contribution >= 4 is 56.1 Å². The number of non-ortho nitro benzene ring substituents is 1. The summed E-state index contributed by atoms with van der Waals surface area (Å²) in [5.41, 5.74) is 0.0751. The van der Waals surface area contributed by atoms with Gasteiger partial charge in [-0.05, 0) is 33.4 Å². The lowest BCUT2D eigenvalue weighted by Gasteiger charge is -2.06. The molecule has 0 saturated carbocycles. The number of nitrogens with one attached hydrogen (secondary N) is 1. The van der Waals surface area contributed by atoms with Crippen LogP contribution < -0.4 is 5.32 Å². The average Bonchev–Trinajstić information content (AvgIpc) is 2.78. The van der Waals surface area contributed by atoms with Gasteiger partial charge in [-0.3, -0.25) is 14.9 Å². The predicted molar refractivity (Wildman–Crippen MR) is 78.1 cm³/mol. The monoisotopic (exact) mass is 360 g/mol. The summed E-state index contributed by atoms with van der Waals surface area (Å²) in [6.07, 6.45) is 0. The van der Waals surface area contributed by atoms with Crippen LogP contribution in [0, 0.1) is 10.1 Å². The zero-order valence-corrected chi connectivity index (χ0v) is 12.4. The van der Waals surface area contributed by atoms with Crippen LogP contribution in [0.25, 0.3) is 0 Å². The normalized spacial score (nSPS) is 10.2. The van der Waals surface area contributed by atoms with Gasteiger partial charge in [-0.25, -0.2) is 0 Å². The highest BCUT2D eigenvalue weighted by atomic mass is 79.9. The number of amides is 1. The molecule has 0 unspecified atom stereocenters. The molecule has 0 spiro atoms. The number of anilines is 1. The summed E-state index contributed by atoms with van der Waals surface area (Å²) in [5, 5.41) is 15.2. The molecule has 0 aliphatic rings. The number of hydrogen-bond acceptors (Lipinski definition) is 4. The highest BCUT2D eigenvalue weighted by molar-refractivity contribution is 9.10. The first-order valence-corrected chi connectivity index (χ1v) is 7.02. The maximum atomic E-state index is 12.0. The van der Waals surface area contributed by atoms with Gasteiger partial charge in [0.05, 0.1) is 15.6 Å². The van der Waals surface area contributed by atoms with Crippen LogP contribution in [0.1, 0.15) is 9.67 Å². The summed E-state index contributed by atoms with van der Waals surface area (Å²) >= 11 is 10.4. The van der Waals surface area contributed by atoms with Crippen LogP contribution in [-0.2, 0) is 0 Å². The van der Waals surface area contributed by atoms with Gasteiger partial charge in [0.15, 0.2) is 0 Å². The molecule has 0 aliphatic carbocycles. The molecule has 19 heavy (non-hydrogen) atoms. The van der Waals surface area contributed by atoms with E-state index in [2.05, 4.69) is 21.2 Å². The van der Waals surface area contributed by atoms with Crippen molar-refractivity contribution in [3.8, 4) is 0 Å². The number of carbonyl (C=O) groups is 1. The van der Waals surface area contributed by atoms with E-state index in [1.54, 1.807) is 11.4 Å². The molecule has 1 amide bonds. The Morgan fingerprint density at radius 1 is 1.42 bits per heavy atom. The van der Waals surface area contributed by atoms with Gasteiger partial charge in [-0.15, -0.1) is 11.3 Å². The number of benzene rings is 1. The van der Waals surface area contributed by atoms with Gasteiger partial charge in [-0.2, -0.15) is 0 Å². The number of carbonyl (C=O) groups excluding carboxylic acids is 1. The molecule has 5 nitrogen and oxygen atoms in total. The SMILES string of the molecule is O=C(Nc1cc([N+](=O)[O-])ccc1Cl)c1sccc1Br. The molecule has 0 fully saturated rings. The fraction of sp³-hybridized carbons (Fsp3) is 0. The molecule has 1 heterocycles. The lowest BCUT2D eigenvalue weighted by atomic mass is 10.2. The summed E-state index contributed by atoms with van der Waals surface area (Å²) in [6.45, 7) is 0. The van der Waals surface area contributed by atoms with E-state index in [0.29, 0.717) is 9.35 Å². The molecule has 98 valence electrons. The Morgan fingerprint density at radius 3 is 2.74 bits per heavy atom. The zero-order chi connectivity index (χ0) is 14.0. The van der Waals surface area contributed by atoms with Gasteiger partial charge in [-0.1, -0.05) is 11.6 Å². The number of halogens is 2. The van der Waals surface area contributed by atoms with E-state index in [9.17, 15) is 14.9 Å². The minimum Gasteiger partial charge on any atom is -0.320 e. The fourth-order valence-corrected chi connectivity index (χ4v) is 2.97. The largest absolute Gasteiger partial charge is 0.320 e. The third-order valence-electron chi connectivity index (χ3n) is 2.23. The highest BCUT2D eigenvalue weighted by Gasteiger charge is 2.15. The van der Waals surface area contributed by atoms with Gasteiger partial charge in [0.2, 0.25) is 0 Å². The zero-order valence-electron chi connectivity index (χ0n) is 9.22. The molecular weight excluding hydrogens is 356 g/mol. The standard InChI is InChI=1S/C11H6BrClN2O3S/c12-7-3-4-19-10(7)11(16)14-9-5-6(15(17)18)1-2-8(9)13/h1-5H,(H,14,16). The molecule has 0 aliphatic heterocycles. The number of nitro groups is 1. The van der Waals surface area contributed by atoms with Crippen molar-refractivity contribution < 1.29 is 9.72 Å². The summed E-state index contributed by atoms with van der Waals surface area (Å²) < 4.78 is 0.663. The van der Waals surface area contributed by atoms with E-state index in [-0.39, 0.29) is 22.3 Å². The molecule has 0 bridgehead atoms. The van der Waals surface area contributed by atoms with Crippen LogP contribution in [0.5, 0.6) is 0 Å².